The number of aryl methyl sites for hydroxylation is 1. The molecule has 2 amide bonds. The predicted molar refractivity (Wildman–Crippen MR) is 93.2 cm³/mol. The van der Waals surface area contributed by atoms with Crippen LogP contribution in [-0.4, -0.2) is 11.8 Å². The second-order valence-electron chi connectivity index (χ2n) is 6.25. The largest absolute Gasteiger partial charge is 0.366 e. The quantitative estimate of drug-likeness (QED) is 0.904. The van der Waals surface area contributed by atoms with Crippen molar-refractivity contribution in [1.82, 2.24) is 0 Å². The molecule has 0 radical (unpaired) electrons. The van der Waals surface area contributed by atoms with Gasteiger partial charge in [-0.1, -0.05) is 13.0 Å². The predicted octanol–water partition coefficient (Wildman–Crippen LogP) is 3.53. The highest BCUT2D eigenvalue weighted by Crippen LogP contribution is 2.33. The smallest absolute Gasteiger partial charge is 0.256 e. The lowest BCUT2D eigenvalue weighted by Crippen LogP contribution is -2.18. The Kier molecular flexibility index (Phi) is 4.22. The second-order valence-corrected chi connectivity index (χ2v) is 7.21. The Hall–Kier alpha value is -2.14. The maximum Gasteiger partial charge on any atom is 0.256 e. The molecular weight excluding hydrogens is 308 g/mol. The number of carbonyl (C=O) groups excluding carboxylic acids is 2. The number of benzene rings is 1. The van der Waals surface area contributed by atoms with Crippen LogP contribution in [0.3, 0.4) is 0 Å². The number of carbonyl (C=O) groups is 2. The Morgan fingerprint density at radius 3 is 2.87 bits per heavy atom. The molecule has 0 spiro atoms. The first kappa shape index (κ1) is 15.7. The minimum atomic E-state index is -0.498. The minimum Gasteiger partial charge on any atom is -0.366 e. The number of thiophene rings is 1. The third-order valence-corrected chi connectivity index (χ3v) is 5.47. The van der Waals surface area contributed by atoms with Crippen molar-refractivity contribution >= 4 is 28.8 Å². The topological polar surface area (TPSA) is 72.2 Å². The summed E-state index contributed by atoms with van der Waals surface area (Å²) in [6, 6.07) is 5.10. The van der Waals surface area contributed by atoms with Crippen LogP contribution in [0.25, 0.3) is 0 Å². The van der Waals surface area contributed by atoms with Crippen molar-refractivity contribution in [1.29, 1.82) is 0 Å². The summed E-state index contributed by atoms with van der Waals surface area (Å²) in [7, 11) is 0. The van der Waals surface area contributed by atoms with Crippen LogP contribution < -0.4 is 11.1 Å². The fourth-order valence-electron chi connectivity index (χ4n) is 2.97. The third-order valence-electron chi connectivity index (χ3n) is 4.42. The van der Waals surface area contributed by atoms with E-state index in [1.165, 1.54) is 10.4 Å². The number of nitrogens with two attached hydrogens (primary N) is 1. The normalized spacial score (nSPS) is 16.7. The van der Waals surface area contributed by atoms with Gasteiger partial charge >= 0.3 is 0 Å². The molecule has 4 nitrogen and oxygen atoms in total. The molecular formula is C18H20N2O2S. The first-order valence-electron chi connectivity index (χ1n) is 7.76. The number of primary amides is 1. The molecule has 1 aromatic heterocycles. The lowest BCUT2D eigenvalue weighted by molar-refractivity contribution is 0.0996. The van der Waals surface area contributed by atoms with Crippen molar-refractivity contribution in [3.63, 3.8) is 0 Å². The maximum absolute atomic E-state index is 12.6. The number of hydrogen-bond acceptors (Lipinski definition) is 3. The van der Waals surface area contributed by atoms with Crippen LogP contribution in [0.2, 0.25) is 0 Å². The van der Waals surface area contributed by atoms with Gasteiger partial charge in [-0.15, -0.1) is 11.3 Å². The summed E-state index contributed by atoms with van der Waals surface area (Å²) >= 11 is 1.67. The molecule has 1 aromatic carbocycles. The lowest BCUT2D eigenvalue weighted by atomic mass is 9.88. The molecule has 1 heterocycles. The van der Waals surface area contributed by atoms with Crippen molar-refractivity contribution in [2.24, 2.45) is 11.7 Å². The van der Waals surface area contributed by atoms with E-state index in [4.69, 9.17) is 5.73 Å². The van der Waals surface area contributed by atoms with Gasteiger partial charge in [0.2, 0.25) is 5.91 Å². The van der Waals surface area contributed by atoms with E-state index in [0.717, 1.165) is 30.4 Å². The van der Waals surface area contributed by atoms with Crippen molar-refractivity contribution in [3.8, 4) is 0 Å². The number of amides is 2. The van der Waals surface area contributed by atoms with Gasteiger partial charge < -0.3 is 11.1 Å². The van der Waals surface area contributed by atoms with E-state index < -0.39 is 5.91 Å². The minimum absolute atomic E-state index is 0.109. The number of fused-ring (bicyclic) bond motifs is 1. The molecule has 2 aromatic rings. The molecule has 0 saturated heterocycles. The number of nitrogens with one attached hydrogen (secondary N) is 1. The van der Waals surface area contributed by atoms with Gasteiger partial charge in [-0.05, 0) is 55.4 Å². The Labute approximate surface area is 139 Å². The van der Waals surface area contributed by atoms with Gasteiger partial charge in [-0.25, -0.2) is 0 Å². The third kappa shape index (κ3) is 3.15. The molecule has 0 fully saturated rings. The van der Waals surface area contributed by atoms with Crippen molar-refractivity contribution in [3.05, 3.63) is 50.7 Å². The molecule has 1 atom stereocenters. The van der Waals surface area contributed by atoms with Gasteiger partial charge in [0.15, 0.2) is 0 Å². The Morgan fingerprint density at radius 1 is 1.35 bits per heavy atom. The van der Waals surface area contributed by atoms with E-state index in [9.17, 15) is 9.59 Å². The van der Waals surface area contributed by atoms with Crippen LogP contribution in [0.15, 0.2) is 23.6 Å². The van der Waals surface area contributed by atoms with Gasteiger partial charge in [0.25, 0.3) is 5.91 Å². The molecule has 3 rings (SSSR count). The number of rotatable bonds is 3. The zero-order valence-corrected chi connectivity index (χ0v) is 14.1. The highest BCUT2D eigenvalue weighted by molar-refractivity contribution is 7.10. The number of anilines is 1. The molecule has 0 saturated carbocycles. The van der Waals surface area contributed by atoms with E-state index in [-0.39, 0.29) is 5.91 Å². The lowest BCUT2D eigenvalue weighted by Gasteiger charge is -2.19. The van der Waals surface area contributed by atoms with E-state index in [1.807, 2.05) is 12.3 Å². The zero-order chi connectivity index (χ0) is 16.6. The fourth-order valence-corrected chi connectivity index (χ4v) is 4.21. The van der Waals surface area contributed by atoms with Gasteiger partial charge in [0.05, 0.1) is 5.56 Å². The molecule has 0 aliphatic heterocycles. The van der Waals surface area contributed by atoms with E-state index >= 15 is 0 Å². The molecule has 23 heavy (non-hydrogen) atoms. The summed E-state index contributed by atoms with van der Waals surface area (Å²) in [5, 5.41) is 4.88. The van der Waals surface area contributed by atoms with E-state index in [2.05, 4.69) is 12.2 Å². The van der Waals surface area contributed by atoms with Crippen LogP contribution in [-0.2, 0) is 12.8 Å². The average Bonchev–Trinajstić information content (AvgIpc) is 2.92. The molecule has 5 heteroatoms. The van der Waals surface area contributed by atoms with Crippen LogP contribution in [0.1, 0.15) is 50.1 Å². The van der Waals surface area contributed by atoms with Crippen molar-refractivity contribution in [2.75, 3.05) is 5.32 Å². The summed E-state index contributed by atoms with van der Waals surface area (Å²) in [6.07, 6.45) is 3.15. The highest BCUT2D eigenvalue weighted by atomic mass is 32.1. The van der Waals surface area contributed by atoms with E-state index in [0.29, 0.717) is 17.2 Å². The van der Waals surface area contributed by atoms with Gasteiger partial charge in [-0.3, -0.25) is 9.59 Å². The van der Waals surface area contributed by atoms with Crippen molar-refractivity contribution in [2.45, 2.75) is 33.1 Å². The highest BCUT2D eigenvalue weighted by Gasteiger charge is 2.23. The first-order valence-corrected chi connectivity index (χ1v) is 8.64. The number of hydrogen-bond donors (Lipinski definition) is 2. The Balaban J connectivity index is 1.86. The molecule has 0 bridgehead atoms. The van der Waals surface area contributed by atoms with Crippen LogP contribution in [0, 0.1) is 12.8 Å². The second kappa shape index (κ2) is 6.16. The summed E-state index contributed by atoms with van der Waals surface area (Å²) in [5.41, 5.74) is 9.20. The molecule has 1 aliphatic carbocycles. The monoisotopic (exact) mass is 328 g/mol. The summed E-state index contributed by atoms with van der Waals surface area (Å²) < 4.78 is 0. The maximum atomic E-state index is 12.6. The van der Waals surface area contributed by atoms with Crippen LogP contribution in [0.4, 0.5) is 5.69 Å². The summed E-state index contributed by atoms with van der Waals surface area (Å²) in [4.78, 5) is 25.3. The fraction of sp³-hybridized carbons (Fsp3) is 0.333. The van der Waals surface area contributed by atoms with Gasteiger partial charge in [0.1, 0.15) is 0 Å². The van der Waals surface area contributed by atoms with Crippen molar-refractivity contribution < 1.29 is 9.59 Å². The van der Waals surface area contributed by atoms with Crippen LogP contribution in [0.5, 0.6) is 0 Å². The van der Waals surface area contributed by atoms with Crippen LogP contribution >= 0.6 is 11.3 Å². The molecule has 1 unspecified atom stereocenters. The SMILES string of the molecule is Cc1ccc(C(N)=O)cc1NC(=O)c1csc2c1CCC(C)C2. The molecule has 3 N–H and O–H groups in total. The molecule has 120 valence electrons. The standard InChI is InChI=1S/C18H20N2O2S/c1-10-3-6-13-14(9-23-16(13)7-10)18(22)20-15-8-12(17(19)21)5-4-11(15)2/h4-5,8-10H,3,6-7H2,1-2H3,(H2,19,21)(H,20,22). The first-order chi connectivity index (χ1) is 11.0. The zero-order valence-electron chi connectivity index (χ0n) is 13.3. The van der Waals surface area contributed by atoms with Gasteiger partial charge in [-0.2, -0.15) is 0 Å². The van der Waals surface area contributed by atoms with E-state index in [1.54, 1.807) is 29.5 Å². The van der Waals surface area contributed by atoms with Gasteiger partial charge in [0, 0.05) is 21.5 Å². The Morgan fingerprint density at radius 2 is 2.13 bits per heavy atom. The summed E-state index contributed by atoms with van der Waals surface area (Å²) in [5.74, 6) is 0.0794. The Bertz CT molecular complexity index is 779. The molecule has 1 aliphatic rings. The summed E-state index contributed by atoms with van der Waals surface area (Å²) in [6.45, 7) is 4.15. The average molecular weight is 328 g/mol.